The summed E-state index contributed by atoms with van der Waals surface area (Å²) in [7, 11) is 1.54. The Labute approximate surface area is 148 Å². The van der Waals surface area contributed by atoms with Crippen LogP contribution in [0.25, 0.3) is 11.0 Å². The molecule has 1 aliphatic heterocycles. The van der Waals surface area contributed by atoms with Crippen molar-refractivity contribution < 1.29 is 18.3 Å². The van der Waals surface area contributed by atoms with Crippen molar-refractivity contribution in [2.75, 3.05) is 27.0 Å². The van der Waals surface area contributed by atoms with Crippen LogP contribution in [0.2, 0.25) is 0 Å². The molecule has 0 unspecified atom stereocenters. The van der Waals surface area contributed by atoms with Gasteiger partial charge in [-0.2, -0.15) is 0 Å². The molecule has 26 heavy (non-hydrogen) atoms. The topological polar surface area (TPSA) is 80.5 Å². The number of nitrogens with zero attached hydrogens (tertiary/aromatic N) is 3. The summed E-state index contributed by atoms with van der Waals surface area (Å²) in [6.45, 7) is 1.83. The summed E-state index contributed by atoms with van der Waals surface area (Å²) >= 11 is 0. The van der Waals surface area contributed by atoms with E-state index in [0.717, 1.165) is 17.5 Å². The highest BCUT2D eigenvalue weighted by molar-refractivity contribution is 6.05. The number of pyridine rings is 1. The molecule has 0 atom stereocenters. The van der Waals surface area contributed by atoms with Crippen LogP contribution < -0.4 is 10.6 Å². The van der Waals surface area contributed by atoms with Crippen LogP contribution in [0.3, 0.4) is 0 Å². The lowest BCUT2D eigenvalue weighted by Crippen LogP contribution is -2.27. The number of aliphatic imine (C=N–C) groups is 1. The Bertz CT molecular complexity index is 904. The smallest absolute Gasteiger partial charge is 0.255 e. The quantitative estimate of drug-likeness (QED) is 0.848. The second-order valence-corrected chi connectivity index (χ2v) is 5.74. The third-order valence-electron chi connectivity index (χ3n) is 4.12. The van der Waals surface area contributed by atoms with Crippen molar-refractivity contribution in [2.45, 2.75) is 13.5 Å². The molecule has 0 fully saturated rings. The van der Waals surface area contributed by atoms with Gasteiger partial charge in [0.2, 0.25) is 5.90 Å². The Morgan fingerprint density at radius 3 is 3.04 bits per heavy atom. The standard InChI is InChI=1S/C17H19F2N5O2/c1-10-13(22-9-23-17(10)26-2)8-24-7-12(16(25)20-4-3-18)15-14(24)5-11(19)6-21-15/h5-7,22H,3-4,8-9H2,1-2H3,(H,20,25). The number of aromatic nitrogens is 2. The molecule has 0 spiro atoms. The summed E-state index contributed by atoms with van der Waals surface area (Å²) in [4.78, 5) is 20.5. The Morgan fingerprint density at radius 2 is 2.31 bits per heavy atom. The lowest BCUT2D eigenvalue weighted by molar-refractivity contribution is 0.0952. The number of carbonyl (C=O) groups is 1. The predicted molar refractivity (Wildman–Crippen MR) is 93.1 cm³/mol. The van der Waals surface area contributed by atoms with E-state index >= 15 is 0 Å². The van der Waals surface area contributed by atoms with Crippen molar-refractivity contribution in [1.82, 2.24) is 20.2 Å². The van der Waals surface area contributed by atoms with Crippen molar-refractivity contribution in [3.8, 4) is 0 Å². The number of amides is 1. The highest BCUT2D eigenvalue weighted by atomic mass is 19.1. The second kappa shape index (κ2) is 7.51. The van der Waals surface area contributed by atoms with Crippen LogP contribution in [-0.4, -0.2) is 48.4 Å². The molecule has 138 valence electrons. The highest BCUT2D eigenvalue weighted by Gasteiger charge is 2.20. The molecule has 0 radical (unpaired) electrons. The highest BCUT2D eigenvalue weighted by Crippen LogP contribution is 2.22. The number of alkyl halides is 1. The van der Waals surface area contributed by atoms with E-state index in [4.69, 9.17) is 4.74 Å². The van der Waals surface area contributed by atoms with E-state index in [9.17, 15) is 13.6 Å². The van der Waals surface area contributed by atoms with Crippen molar-refractivity contribution in [1.29, 1.82) is 0 Å². The maximum atomic E-state index is 13.7. The van der Waals surface area contributed by atoms with Gasteiger partial charge in [0.05, 0.1) is 30.9 Å². The van der Waals surface area contributed by atoms with Gasteiger partial charge in [0, 0.05) is 30.1 Å². The first kappa shape index (κ1) is 17.8. The number of nitrogens with one attached hydrogen (secondary N) is 2. The maximum absolute atomic E-state index is 13.7. The predicted octanol–water partition coefficient (Wildman–Crippen LogP) is 1.75. The van der Waals surface area contributed by atoms with Crippen molar-refractivity contribution >= 4 is 22.8 Å². The first-order chi connectivity index (χ1) is 12.5. The molecule has 0 saturated carbocycles. The lowest BCUT2D eigenvalue weighted by atomic mass is 10.2. The van der Waals surface area contributed by atoms with Gasteiger partial charge in [-0.3, -0.25) is 9.78 Å². The number of carbonyl (C=O) groups excluding carboxylic acids is 1. The minimum atomic E-state index is -0.665. The zero-order valence-corrected chi connectivity index (χ0v) is 14.5. The summed E-state index contributed by atoms with van der Waals surface area (Å²) in [5.74, 6) is -0.429. The molecule has 0 saturated heterocycles. The lowest BCUT2D eigenvalue weighted by Gasteiger charge is -2.20. The second-order valence-electron chi connectivity index (χ2n) is 5.74. The van der Waals surface area contributed by atoms with Crippen molar-refractivity contribution in [3.05, 3.63) is 41.1 Å². The third-order valence-corrected chi connectivity index (χ3v) is 4.12. The van der Waals surface area contributed by atoms with E-state index in [1.54, 1.807) is 17.9 Å². The Balaban J connectivity index is 2.02. The van der Waals surface area contributed by atoms with Crippen LogP contribution in [0.4, 0.5) is 8.78 Å². The van der Waals surface area contributed by atoms with Crippen molar-refractivity contribution in [2.24, 2.45) is 4.99 Å². The normalized spacial score (nSPS) is 14.2. The number of allylic oxidation sites excluding steroid dienone is 1. The zero-order chi connectivity index (χ0) is 18.7. The van der Waals surface area contributed by atoms with E-state index in [1.807, 2.05) is 6.92 Å². The van der Waals surface area contributed by atoms with Crippen LogP contribution >= 0.6 is 0 Å². The molecule has 3 rings (SSSR count). The molecular weight excluding hydrogens is 344 g/mol. The SMILES string of the molecule is COC1=NCNC(Cn2cc(C(=O)NCCF)c3ncc(F)cc32)=C1C. The molecule has 1 amide bonds. The van der Waals surface area contributed by atoms with Gasteiger partial charge in [-0.05, 0) is 6.92 Å². The number of ether oxygens (including phenoxy) is 1. The zero-order valence-electron chi connectivity index (χ0n) is 14.5. The number of fused-ring (bicyclic) bond motifs is 1. The van der Waals surface area contributed by atoms with Gasteiger partial charge in [0.15, 0.2) is 0 Å². The summed E-state index contributed by atoms with van der Waals surface area (Å²) in [6.07, 6.45) is 2.64. The maximum Gasteiger partial charge on any atom is 0.255 e. The fraction of sp³-hybridized carbons (Fsp3) is 0.353. The number of rotatable bonds is 5. The Kier molecular flexibility index (Phi) is 5.15. The minimum absolute atomic E-state index is 0.0911. The molecule has 0 bridgehead atoms. The monoisotopic (exact) mass is 363 g/mol. The average Bonchev–Trinajstić information content (AvgIpc) is 2.99. The summed E-state index contributed by atoms with van der Waals surface area (Å²) in [6, 6.07) is 1.32. The number of halogens is 2. The number of hydrogen-bond donors (Lipinski definition) is 2. The molecule has 0 aliphatic carbocycles. The number of methoxy groups -OCH3 is 1. The van der Waals surface area contributed by atoms with E-state index < -0.39 is 18.4 Å². The third kappa shape index (κ3) is 3.37. The van der Waals surface area contributed by atoms with E-state index in [1.165, 1.54) is 6.07 Å². The van der Waals surface area contributed by atoms with Crippen LogP contribution in [0.5, 0.6) is 0 Å². The van der Waals surface area contributed by atoms with Gasteiger partial charge in [-0.25, -0.2) is 13.8 Å². The fourth-order valence-corrected chi connectivity index (χ4v) is 2.84. The largest absolute Gasteiger partial charge is 0.481 e. The van der Waals surface area contributed by atoms with Crippen LogP contribution in [0.1, 0.15) is 17.3 Å². The Morgan fingerprint density at radius 1 is 1.50 bits per heavy atom. The molecule has 7 nitrogen and oxygen atoms in total. The molecule has 1 aliphatic rings. The van der Waals surface area contributed by atoms with E-state index in [2.05, 4.69) is 20.6 Å². The Hall–Kier alpha value is -2.97. The summed E-state index contributed by atoms with van der Waals surface area (Å²) in [5.41, 5.74) is 2.77. The van der Waals surface area contributed by atoms with Crippen LogP contribution in [0, 0.1) is 5.82 Å². The molecule has 2 N–H and O–H groups in total. The molecule has 9 heteroatoms. The van der Waals surface area contributed by atoms with Crippen LogP contribution in [0.15, 0.2) is 34.7 Å². The average molecular weight is 363 g/mol. The summed E-state index contributed by atoms with van der Waals surface area (Å²) in [5, 5.41) is 5.63. The fourth-order valence-electron chi connectivity index (χ4n) is 2.84. The number of hydrogen-bond acceptors (Lipinski definition) is 5. The summed E-state index contributed by atoms with van der Waals surface area (Å²) < 4.78 is 33.0. The van der Waals surface area contributed by atoms with E-state index in [0.29, 0.717) is 30.1 Å². The minimum Gasteiger partial charge on any atom is -0.481 e. The van der Waals surface area contributed by atoms with E-state index in [-0.39, 0.29) is 12.1 Å². The van der Waals surface area contributed by atoms with Gasteiger partial charge in [-0.15, -0.1) is 0 Å². The molecule has 2 aromatic heterocycles. The molecule has 3 heterocycles. The van der Waals surface area contributed by atoms with Gasteiger partial charge < -0.3 is 19.9 Å². The van der Waals surface area contributed by atoms with Crippen molar-refractivity contribution in [3.63, 3.8) is 0 Å². The first-order valence-electron chi connectivity index (χ1n) is 8.06. The van der Waals surface area contributed by atoms with Gasteiger partial charge in [0.1, 0.15) is 24.7 Å². The van der Waals surface area contributed by atoms with Gasteiger partial charge >= 0.3 is 0 Å². The molecule has 2 aromatic rings. The molecule has 0 aromatic carbocycles. The van der Waals surface area contributed by atoms with Gasteiger partial charge in [0.25, 0.3) is 5.91 Å². The van der Waals surface area contributed by atoms with Crippen LogP contribution in [-0.2, 0) is 11.3 Å². The first-order valence-corrected chi connectivity index (χ1v) is 8.06. The van der Waals surface area contributed by atoms with Gasteiger partial charge in [-0.1, -0.05) is 0 Å². The molecular formula is C17H19F2N5O2.